The Kier molecular flexibility index (Phi) is 7.98. The molecule has 0 saturated carbocycles. The fraction of sp³-hybridized carbons (Fsp3) is 0.0909. The zero-order valence-electron chi connectivity index (χ0n) is 16.6. The van der Waals surface area contributed by atoms with E-state index < -0.39 is 28.3 Å². The highest BCUT2D eigenvalue weighted by Gasteiger charge is 2.27. The van der Waals surface area contributed by atoms with E-state index in [1.165, 1.54) is 54.7 Å². The van der Waals surface area contributed by atoms with Crippen molar-refractivity contribution >= 4 is 45.3 Å². The van der Waals surface area contributed by atoms with E-state index in [0.29, 0.717) is 21.2 Å². The quantitative estimate of drug-likeness (QED) is 0.371. The summed E-state index contributed by atoms with van der Waals surface area (Å²) in [5.41, 5.74) is 3.53. The number of nitrogens with zero attached hydrogens (tertiary/aromatic N) is 2. The second-order valence-electron chi connectivity index (χ2n) is 6.70. The zero-order chi connectivity index (χ0) is 23.1. The predicted molar refractivity (Wildman–Crippen MR) is 123 cm³/mol. The van der Waals surface area contributed by atoms with Gasteiger partial charge in [0.2, 0.25) is 10.0 Å². The van der Waals surface area contributed by atoms with Crippen molar-refractivity contribution in [3.8, 4) is 0 Å². The molecule has 0 bridgehead atoms. The third-order valence-electron chi connectivity index (χ3n) is 4.32. The topological polar surface area (TPSA) is 78.8 Å². The minimum Gasteiger partial charge on any atom is -0.272 e. The second kappa shape index (κ2) is 10.7. The summed E-state index contributed by atoms with van der Waals surface area (Å²) in [6, 6.07) is 17.7. The van der Waals surface area contributed by atoms with E-state index in [4.69, 9.17) is 23.2 Å². The van der Waals surface area contributed by atoms with Crippen molar-refractivity contribution in [1.82, 2.24) is 9.73 Å². The molecule has 0 fully saturated rings. The smallest absolute Gasteiger partial charge is 0.255 e. The molecule has 1 amide bonds. The van der Waals surface area contributed by atoms with Gasteiger partial charge in [-0.1, -0.05) is 47.5 Å². The summed E-state index contributed by atoms with van der Waals surface area (Å²) in [6.07, 6.45) is 1.41. The van der Waals surface area contributed by atoms with Gasteiger partial charge < -0.3 is 0 Å². The third kappa shape index (κ3) is 6.61. The summed E-state index contributed by atoms with van der Waals surface area (Å²) in [4.78, 5) is 12.4. The number of amides is 1. The highest BCUT2D eigenvalue weighted by molar-refractivity contribution is 7.89. The molecule has 3 rings (SSSR count). The van der Waals surface area contributed by atoms with Crippen molar-refractivity contribution in [3.05, 3.63) is 99.8 Å². The van der Waals surface area contributed by atoms with E-state index in [9.17, 15) is 17.6 Å². The highest BCUT2D eigenvalue weighted by Crippen LogP contribution is 2.20. The van der Waals surface area contributed by atoms with Gasteiger partial charge in [0.05, 0.1) is 17.7 Å². The van der Waals surface area contributed by atoms with Crippen LogP contribution < -0.4 is 5.43 Å². The number of benzene rings is 3. The van der Waals surface area contributed by atoms with Gasteiger partial charge in [0.25, 0.3) is 5.91 Å². The number of halogens is 3. The predicted octanol–water partition coefficient (Wildman–Crippen LogP) is 4.47. The Labute approximate surface area is 195 Å². The van der Waals surface area contributed by atoms with Gasteiger partial charge in [-0.2, -0.15) is 9.41 Å². The van der Waals surface area contributed by atoms with Crippen molar-refractivity contribution in [2.75, 3.05) is 6.54 Å². The van der Waals surface area contributed by atoms with Gasteiger partial charge in [-0.15, -0.1) is 0 Å². The summed E-state index contributed by atoms with van der Waals surface area (Å²) in [5, 5.41) is 4.80. The largest absolute Gasteiger partial charge is 0.272 e. The molecule has 32 heavy (non-hydrogen) atoms. The average Bonchev–Trinajstić information content (AvgIpc) is 2.76. The zero-order valence-corrected chi connectivity index (χ0v) is 18.9. The molecule has 0 radical (unpaired) electrons. The molecular weight excluding hydrogens is 476 g/mol. The number of hydrogen-bond acceptors (Lipinski definition) is 4. The van der Waals surface area contributed by atoms with Crippen LogP contribution in [0.5, 0.6) is 0 Å². The molecule has 0 unspecified atom stereocenters. The first-order valence-electron chi connectivity index (χ1n) is 9.32. The molecule has 0 aromatic heterocycles. The Morgan fingerprint density at radius 2 is 1.50 bits per heavy atom. The van der Waals surface area contributed by atoms with Gasteiger partial charge in [0, 0.05) is 16.6 Å². The Morgan fingerprint density at radius 3 is 2.09 bits per heavy atom. The van der Waals surface area contributed by atoms with Gasteiger partial charge in [-0.05, 0) is 59.7 Å². The first kappa shape index (κ1) is 23.9. The number of carbonyl (C=O) groups is 1. The van der Waals surface area contributed by atoms with Crippen LogP contribution in [0.4, 0.5) is 4.39 Å². The third-order valence-corrected chi connectivity index (χ3v) is 6.63. The Bertz CT molecular complexity index is 1200. The molecule has 0 heterocycles. The van der Waals surface area contributed by atoms with Gasteiger partial charge in [-0.25, -0.2) is 18.2 Å². The molecule has 3 aromatic carbocycles. The van der Waals surface area contributed by atoms with E-state index in [2.05, 4.69) is 10.5 Å². The summed E-state index contributed by atoms with van der Waals surface area (Å²) in [6.45, 7) is -0.639. The van der Waals surface area contributed by atoms with E-state index in [-0.39, 0.29) is 11.4 Å². The van der Waals surface area contributed by atoms with Crippen LogP contribution in [0.15, 0.2) is 82.8 Å². The van der Waals surface area contributed by atoms with Crippen LogP contribution in [0.1, 0.15) is 11.1 Å². The summed E-state index contributed by atoms with van der Waals surface area (Å²) in [5.74, 6) is -1.09. The molecule has 0 saturated heterocycles. The van der Waals surface area contributed by atoms with Crippen LogP contribution in [0.2, 0.25) is 10.0 Å². The van der Waals surface area contributed by atoms with Crippen LogP contribution in [-0.2, 0) is 21.4 Å². The second-order valence-corrected chi connectivity index (χ2v) is 9.51. The molecule has 0 aliphatic rings. The first-order valence-corrected chi connectivity index (χ1v) is 11.5. The molecule has 10 heteroatoms. The molecule has 0 aliphatic carbocycles. The lowest BCUT2D eigenvalue weighted by atomic mass is 10.2. The maximum Gasteiger partial charge on any atom is 0.255 e. The lowest BCUT2D eigenvalue weighted by molar-refractivity contribution is -0.121. The molecular formula is C22H18Cl2FN3O3S. The lowest BCUT2D eigenvalue weighted by Gasteiger charge is -2.21. The van der Waals surface area contributed by atoms with Crippen LogP contribution in [0.25, 0.3) is 0 Å². The molecule has 0 atom stereocenters. The fourth-order valence-corrected chi connectivity index (χ4v) is 4.33. The van der Waals surface area contributed by atoms with Gasteiger partial charge in [-0.3, -0.25) is 4.79 Å². The van der Waals surface area contributed by atoms with Crippen LogP contribution >= 0.6 is 23.2 Å². The number of sulfonamides is 1. The summed E-state index contributed by atoms with van der Waals surface area (Å²) in [7, 11) is -4.05. The number of hydrazone groups is 1. The van der Waals surface area contributed by atoms with Crippen molar-refractivity contribution in [1.29, 1.82) is 0 Å². The molecule has 166 valence electrons. The number of nitrogens with one attached hydrogen (secondary N) is 1. The van der Waals surface area contributed by atoms with Crippen LogP contribution in [-0.4, -0.2) is 31.4 Å². The Morgan fingerprint density at radius 1 is 0.938 bits per heavy atom. The fourth-order valence-electron chi connectivity index (χ4n) is 2.70. The minimum atomic E-state index is -4.05. The lowest BCUT2D eigenvalue weighted by Crippen LogP contribution is -2.39. The molecule has 0 aliphatic heterocycles. The van der Waals surface area contributed by atoms with E-state index in [1.54, 1.807) is 24.3 Å². The number of rotatable bonds is 8. The molecule has 3 aromatic rings. The summed E-state index contributed by atoms with van der Waals surface area (Å²) < 4.78 is 40.5. The number of hydrogen-bond donors (Lipinski definition) is 1. The average molecular weight is 494 g/mol. The van der Waals surface area contributed by atoms with Crippen molar-refractivity contribution in [2.24, 2.45) is 5.10 Å². The SMILES string of the molecule is O=C(CN(Cc1ccc(F)cc1)S(=O)(=O)c1ccc(Cl)cc1)N/N=C\c1ccc(Cl)cc1. The number of carbonyl (C=O) groups excluding carboxylic acids is 1. The van der Waals surface area contributed by atoms with E-state index in [0.717, 1.165) is 4.31 Å². The van der Waals surface area contributed by atoms with Gasteiger partial charge in [0.1, 0.15) is 5.82 Å². The summed E-state index contributed by atoms with van der Waals surface area (Å²) >= 11 is 11.7. The Balaban J connectivity index is 1.78. The van der Waals surface area contributed by atoms with Crippen molar-refractivity contribution in [3.63, 3.8) is 0 Å². The van der Waals surface area contributed by atoms with Gasteiger partial charge >= 0.3 is 0 Å². The van der Waals surface area contributed by atoms with E-state index >= 15 is 0 Å². The monoisotopic (exact) mass is 493 g/mol. The standard InChI is InChI=1S/C22H18Cl2FN3O3S/c23-18-5-1-16(2-6-18)13-26-27-22(29)15-28(14-17-3-9-20(25)10-4-17)32(30,31)21-11-7-19(24)8-12-21/h1-13H,14-15H2,(H,27,29)/b26-13-. The van der Waals surface area contributed by atoms with Gasteiger partial charge in [0.15, 0.2) is 0 Å². The molecule has 6 nitrogen and oxygen atoms in total. The van der Waals surface area contributed by atoms with E-state index in [1.807, 2.05) is 0 Å². The molecule has 0 spiro atoms. The molecule has 1 N–H and O–H groups in total. The minimum absolute atomic E-state index is 0.0264. The van der Waals surface area contributed by atoms with Crippen LogP contribution in [0, 0.1) is 5.82 Å². The highest BCUT2D eigenvalue weighted by atomic mass is 35.5. The Hall–Kier alpha value is -2.78. The van der Waals surface area contributed by atoms with Crippen molar-refractivity contribution < 1.29 is 17.6 Å². The van der Waals surface area contributed by atoms with Crippen LogP contribution in [0.3, 0.4) is 0 Å². The first-order chi connectivity index (χ1) is 15.2. The maximum atomic E-state index is 13.2. The normalized spacial score (nSPS) is 11.8. The maximum absolute atomic E-state index is 13.2. The van der Waals surface area contributed by atoms with Crippen molar-refractivity contribution in [2.45, 2.75) is 11.4 Å².